The van der Waals surface area contributed by atoms with Crippen molar-refractivity contribution in [2.24, 2.45) is 0 Å². The molecule has 3 aliphatic heterocycles. The minimum atomic E-state index is -1.16. The fourth-order valence-electron chi connectivity index (χ4n) is 5.11. The second kappa shape index (κ2) is 5.30. The number of carbonyl (C=O) groups is 1. The fourth-order valence-corrected chi connectivity index (χ4v) is 5.11. The molecule has 2 bridgehead atoms. The lowest BCUT2D eigenvalue weighted by molar-refractivity contribution is -0.134. The van der Waals surface area contributed by atoms with Gasteiger partial charge in [0, 0.05) is 0 Å². The standard InChI is InChI=1S/C17H23BNO3/c20-15-9-7-12(8-10-15)11-16-17(21)22-18(19-16)13-3-1-4-14(18)6-2-5-13/h7-10,13-14,16,19-20H,1-6,11H2/q-1/t13?,14?,16-,18?/m0/s1. The number of nitrogens with one attached hydrogen (secondary N) is 1. The summed E-state index contributed by atoms with van der Waals surface area (Å²) < 4.78 is 6.03. The van der Waals surface area contributed by atoms with Gasteiger partial charge in [0.2, 0.25) is 6.48 Å². The molecule has 3 aliphatic rings. The van der Waals surface area contributed by atoms with Gasteiger partial charge in [-0.05, 0) is 24.1 Å². The topological polar surface area (TPSA) is 58.6 Å². The van der Waals surface area contributed by atoms with E-state index in [1.807, 2.05) is 12.1 Å². The Balaban J connectivity index is 1.54. The van der Waals surface area contributed by atoms with Crippen LogP contribution in [0, 0.1) is 0 Å². The number of aromatic hydroxyl groups is 1. The predicted octanol–water partition coefficient (Wildman–Crippen LogP) is 3.00. The van der Waals surface area contributed by atoms with Crippen molar-refractivity contribution in [2.45, 2.75) is 62.6 Å². The average Bonchev–Trinajstić information content (AvgIpc) is 2.78. The van der Waals surface area contributed by atoms with Gasteiger partial charge >= 0.3 is 0 Å². The van der Waals surface area contributed by atoms with Crippen LogP contribution in [0.5, 0.6) is 5.75 Å². The van der Waals surface area contributed by atoms with E-state index in [1.165, 1.54) is 38.5 Å². The van der Waals surface area contributed by atoms with Gasteiger partial charge in [-0.2, -0.15) is 0 Å². The zero-order valence-electron chi connectivity index (χ0n) is 12.8. The summed E-state index contributed by atoms with van der Waals surface area (Å²) >= 11 is 0. The van der Waals surface area contributed by atoms with Gasteiger partial charge < -0.3 is 15.0 Å². The Morgan fingerprint density at radius 2 is 1.68 bits per heavy atom. The Kier molecular flexibility index (Phi) is 3.41. The molecule has 3 saturated heterocycles. The lowest BCUT2D eigenvalue weighted by atomic mass is 9.28. The summed E-state index contributed by atoms with van der Waals surface area (Å²) in [6.45, 7) is -1.16. The Bertz CT molecular complexity index is 552. The van der Waals surface area contributed by atoms with Crippen LogP contribution < -0.4 is 5.23 Å². The number of benzene rings is 1. The first-order valence-corrected chi connectivity index (χ1v) is 8.62. The summed E-state index contributed by atoms with van der Waals surface area (Å²) in [7, 11) is 0. The highest BCUT2D eigenvalue weighted by molar-refractivity contribution is 6.77. The molecule has 0 radical (unpaired) electrons. The Morgan fingerprint density at radius 3 is 2.27 bits per heavy atom. The number of phenols is 1. The summed E-state index contributed by atoms with van der Waals surface area (Å²) in [5.74, 6) is 1.27. The summed E-state index contributed by atoms with van der Waals surface area (Å²) in [5.41, 5.74) is 1.06. The molecule has 4 rings (SSSR count). The lowest BCUT2D eigenvalue weighted by Crippen LogP contribution is -2.60. The third-order valence-electron chi connectivity index (χ3n) is 6.13. The monoisotopic (exact) mass is 300 g/mol. The highest BCUT2D eigenvalue weighted by Crippen LogP contribution is 2.53. The number of carbonyl (C=O) groups excluding carboxylic acids is 1. The van der Waals surface area contributed by atoms with Crippen molar-refractivity contribution in [1.29, 1.82) is 0 Å². The molecule has 4 nitrogen and oxygen atoms in total. The van der Waals surface area contributed by atoms with Crippen LogP contribution in [0.1, 0.15) is 44.1 Å². The number of hydrogen-bond donors (Lipinski definition) is 2. The second-order valence-electron chi connectivity index (χ2n) is 7.32. The smallest absolute Gasteiger partial charge is 0.273 e. The van der Waals surface area contributed by atoms with Gasteiger partial charge in [-0.3, -0.25) is 4.79 Å². The van der Waals surface area contributed by atoms with Crippen LogP contribution in [0.4, 0.5) is 0 Å². The van der Waals surface area contributed by atoms with Gasteiger partial charge in [0.1, 0.15) is 5.75 Å². The van der Waals surface area contributed by atoms with E-state index in [0.717, 1.165) is 5.56 Å². The molecular weight excluding hydrogens is 277 g/mol. The normalized spacial score (nSPS) is 37.3. The molecule has 22 heavy (non-hydrogen) atoms. The van der Waals surface area contributed by atoms with E-state index < -0.39 is 6.48 Å². The molecule has 3 fully saturated rings. The van der Waals surface area contributed by atoms with Gasteiger partial charge in [-0.15, -0.1) is 11.6 Å². The van der Waals surface area contributed by atoms with Crippen molar-refractivity contribution >= 4 is 12.5 Å². The SMILES string of the molecule is O=C1O[B-]2(N[C@H]1Cc1ccc(O)cc1)C1CCCC2CCC1. The number of phenolic OH excluding ortho intramolecular Hbond substituents is 1. The number of rotatable bonds is 2. The van der Waals surface area contributed by atoms with E-state index in [-0.39, 0.29) is 17.8 Å². The first kappa shape index (κ1) is 14.1. The highest BCUT2D eigenvalue weighted by Gasteiger charge is 2.53. The molecule has 1 atom stereocenters. The first-order chi connectivity index (χ1) is 10.7. The van der Waals surface area contributed by atoms with Gasteiger partial charge in [0.05, 0.1) is 6.04 Å². The van der Waals surface area contributed by atoms with Crippen LogP contribution in [0.15, 0.2) is 24.3 Å². The third kappa shape index (κ3) is 2.23. The molecular formula is C17H23BNO3-. The lowest BCUT2D eigenvalue weighted by Gasteiger charge is -2.55. The van der Waals surface area contributed by atoms with Crippen LogP contribution in [0.25, 0.3) is 0 Å². The number of hydrogen-bond acceptors (Lipinski definition) is 4. The quantitative estimate of drug-likeness (QED) is 0.824. The molecule has 3 heterocycles. The summed E-state index contributed by atoms with van der Waals surface area (Å²) in [5, 5.41) is 13.0. The van der Waals surface area contributed by atoms with Crippen LogP contribution in [0.3, 0.4) is 0 Å². The van der Waals surface area contributed by atoms with Crippen molar-refractivity contribution in [3.63, 3.8) is 0 Å². The first-order valence-electron chi connectivity index (χ1n) is 8.62. The average molecular weight is 300 g/mol. The summed E-state index contributed by atoms with van der Waals surface area (Å²) in [4.78, 5) is 12.4. The van der Waals surface area contributed by atoms with Crippen molar-refractivity contribution < 1.29 is 14.6 Å². The van der Waals surface area contributed by atoms with Crippen LogP contribution >= 0.6 is 0 Å². The van der Waals surface area contributed by atoms with Crippen molar-refractivity contribution in [3.05, 3.63) is 29.8 Å². The molecule has 1 spiro atoms. The van der Waals surface area contributed by atoms with Crippen LogP contribution in [0.2, 0.25) is 11.6 Å². The zero-order valence-corrected chi connectivity index (χ0v) is 12.8. The Hall–Kier alpha value is -1.49. The minimum absolute atomic E-state index is 0.0770. The maximum atomic E-state index is 12.4. The predicted molar refractivity (Wildman–Crippen MR) is 85.8 cm³/mol. The van der Waals surface area contributed by atoms with Crippen LogP contribution in [-0.4, -0.2) is 23.6 Å². The fraction of sp³-hybridized carbons (Fsp3) is 0.588. The Labute approximate surface area is 131 Å². The molecule has 5 heteroatoms. The van der Waals surface area contributed by atoms with Crippen LogP contribution in [-0.2, 0) is 15.9 Å². The third-order valence-corrected chi connectivity index (χ3v) is 6.13. The van der Waals surface area contributed by atoms with Crippen molar-refractivity contribution in [3.8, 4) is 5.75 Å². The van der Waals surface area contributed by atoms with Gasteiger partial charge in [0.25, 0.3) is 5.97 Å². The molecule has 0 unspecified atom stereocenters. The van der Waals surface area contributed by atoms with E-state index in [4.69, 9.17) is 4.65 Å². The molecule has 0 aromatic heterocycles. The van der Waals surface area contributed by atoms with E-state index in [1.54, 1.807) is 12.1 Å². The van der Waals surface area contributed by atoms with E-state index in [2.05, 4.69) is 5.23 Å². The zero-order chi connectivity index (χ0) is 15.2. The molecule has 0 saturated carbocycles. The molecule has 1 aromatic carbocycles. The van der Waals surface area contributed by atoms with E-state index >= 15 is 0 Å². The maximum absolute atomic E-state index is 12.4. The largest absolute Gasteiger partial charge is 0.673 e. The van der Waals surface area contributed by atoms with Gasteiger partial charge in [-0.1, -0.05) is 50.7 Å². The van der Waals surface area contributed by atoms with Crippen molar-refractivity contribution in [2.75, 3.05) is 0 Å². The molecule has 2 N–H and O–H groups in total. The molecule has 1 aromatic rings. The van der Waals surface area contributed by atoms with E-state index in [0.29, 0.717) is 18.1 Å². The summed E-state index contributed by atoms with van der Waals surface area (Å²) in [6.07, 6.45) is 7.99. The summed E-state index contributed by atoms with van der Waals surface area (Å²) in [6, 6.07) is 6.87. The molecule has 118 valence electrons. The molecule has 0 aliphatic carbocycles. The van der Waals surface area contributed by atoms with E-state index in [9.17, 15) is 9.90 Å². The minimum Gasteiger partial charge on any atom is -0.673 e. The van der Waals surface area contributed by atoms with Gasteiger partial charge in [-0.25, -0.2) is 0 Å². The van der Waals surface area contributed by atoms with Gasteiger partial charge in [0.15, 0.2) is 0 Å². The maximum Gasteiger partial charge on any atom is 0.273 e. The second-order valence-corrected chi connectivity index (χ2v) is 7.32. The van der Waals surface area contributed by atoms with Crippen molar-refractivity contribution in [1.82, 2.24) is 5.23 Å². The molecule has 0 amide bonds. The Morgan fingerprint density at radius 1 is 1.09 bits per heavy atom. The highest BCUT2D eigenvalue weighted by atomic mass is 16.5.